The molecule has 0 aliphatic carbocycles. The summed E-state index contributed by atoms with van der Waals surface area (Å²) in [5, 5.41) is 2.66. The van der Waals surface area contributed by atoms with Crippen molar-refractivity contribution in [1.82, 2.24) is 10.2 Å². The second-order valence-electron chi connectivity index (χ2n) is 3.37. The summed E-state index contributed by atoms with van der Waals surface area (Å²) in [6.45, 7) is 4.74. The summed E-state index contributed by atoms with van der Waals surface area (Å²) in [7, 11) is 1.73. The Labute approximate surface area is 79.3 Å². The van der Waals surface area contributed by atoms with Crippen molar-refractivity contribution in [3.05, 3.63) is 0 Å². The van der Waals surface area contributed by atoms with Gasteiger partial charge in [-0.15, -0.1) is 0 Å². The molecule has 0 rings (SSSR count). The standard InChI is InChI=1S/C9H20F2N2/c1-4-6-13(3)8-9(10,11)7-12-5-2/h12H,4-8H2,1-3H3. The summed E-state index contributed by atoms with van der Waals surface area (Å²) in [6, 6.07) is 0. The molecule has 0 amide bonds. The van der Waals surface area contributed by atoms with Crippen LogP contribution in [0.5, 0.6) is 0 Å². The minimum absolute atomic E-state index is 0.159. The number of alkyl halides is 2. The Balaban J connectivity index is 3.71. The van der Waals surface area contributed by atoms with Crippen LogP contribution in [0.25, 0.3) is 0 Å². The molecule has 0 aromatic carbocycles. The average Bonchev–Trinajstić information content (AvgIpc) is 2.00. The van der Waals surface area contributed by atoms with Gasteiger partial charge in [0, 0.05) is 0 Å². The van der Waals surface area contributed by atoms with E-state index in [2.05, 4.69) is 5.32 Å². The number of rotatable bonds is 7. The highest BCUT2D eigenvalue weighted by Gasteiger charge is 2.29. The third-order valence-corrected chi connectivity index (χ3v) is 1.74. The fraction of sp³-hybridized carbons (Fsp3) is 1.00. The fourth-order valence-electron chi connectivity index (χ4n) is 1.22. The second-order valence-corrected chi connectivity index (χ2v) is 3.37. The maximum absolute atomic E-state index is 13.1. The molecule has 0 aliphatic rings. The van der Waals surface area contributed by atoms with Crippen molar-refractivity contribution >= 4 is 0 Å². The third-order valence-electron chi connectivity index (χ3n) is 1.74. The Morgan fingerprint density at radius 2 is 1.92 bits per heavy atom. The zero-order chi connectivity index (χ0) is 10.3. The zero-order valence-electron chi connectivity index (χ0n) is 8.74. The molecule has 2 nitrogen and oxygen atoms in total. The maximum atomic E-state index is 13.1. The van der Waals surface area contributed by atoms with E-state index in [9.17, 15) is 8.78 Å². The lowest BCUT2D eigenvalue weighted by Crippen LogP contribution is -2.42. The Bertz CT molecular complexity index is 129. The number of nitrogens with zero attached hydrogens (tertiary/aromatic N) is 1. The van der Waals surface area contributed by atoms with Crippen LogP contribution in [0.1, 0.15) is 20.3 Å². The highest BCUT2D eigenvalue weighted by Crippen LogP contribution is 2.13. The number of nitrogens with one attached hydrogen (secondary N) is 1. The SMILES string of the molecule is CCCN(C)CC(F)(F)CNCC. The summed E-state index contributed by atoms with van der Waals surface area (Å²) < 4.78 is 26.2. The first-order valence-corrected chi connectivity index (χ1v) is 4.79. The van der Waals surface area contributed by atoms with Gasteiger partial charge in [-0.2, -0.15) is 0 Å². The van der Waals surface area contributed by atoms with Crippen molar-refractivity contribution in [2.45, 2.75) is 26.2 Å². The molecule has 0 fully saturated rings. The van der Waals surface area contributed by atoms with Crippen LogP contribution in [0.3, 0.4) is 0 Å². The topological polar surface area (TPSA) is 15.3 Å². The molecule has 0 aliphatic heterocycles. The largest absolute Gasteiger partial charge is 0.311 e. The molecule has 0 saturated carbocycles. The zero-order valence-corrected chi connectivity index (χ0v) is 8.74. The van der Waals surface area contributed by atoms with Gasteiger partial charge in [-0.3, -0.25) is 0 Å². The summed E-state index contributed by atoms with van der Waals surface area (Å²) in [5.41, 5.74) is 0. The lowest BCUT2D eigenvalue weighted by Gasteiger charge is -2.23. The van der Waals surface area contributed by atoms with Crippen molar-refractivity contribution in [3.63, 3.8) is 0 Å². The Hall–Kier alpha value is -0.220. The normalized spacial score (nSPS) is 12.5. The van der Waals surface area contributed by atoms with Gasteiger partial charge < -0.3 is 10.2 Å². The molecule has 0 saturated heterocycles. The highest BCUT2D eigenvalue weighted by atomic mass is 19.3. The first-order valence-electron chi connectivity index (χ1n) is 4.79. The van der Waals surface area contributed by atoms with E-state index < -0.39 is 5.92 Å². The highest BCUT2D eigenvalue weighted by molar-refractivity contribution is 4.72. The van der Waals surface area contributed by atoms with Crippen molar-refractivity contribution < 1.29 is 8.78 Å². The van der Waals surface area contributed by atoms with E-state index in [1.165, 1.54) is 0 Å². The predicted molar refractivity (Wildman–Crippen MR) is 51.3 cm³/mol. The van der Waals surface area contributed by atoms with Crippen LogP contribution in [0.2, 0.25) is 0 Å². The molecule has 0 radical (unpaired) electrons. The number of hydrogen-bond acceptors (Lipinski definition) is 2. The summed E-state index contributed by atoms with van der Waals surface area (Å²) >= 11 is 0. The molecule has 0 bridgehead atoms. The smallest absolute Gasteiger partial charge is 0.272 e. The van der Waals surface area contributed by atoms with Crippen molar-refractivity contribution in [2.24, 2.45) is 0 Å². The van der Waals surface area contributed by atoms with Crippen LogP contribution in [0, 0.1) is 0 Å². The van der Waals surface area contributed by atoms with E-state index >= 15 is 0 Å². The van der Waals surface area contributed by atoms with Gasteiger partial charge in [-0.05, 0) is 26.6 Å². The van der Waals surface area contributed by atoms with E-state index in [0.717, 1.165) is 13.0 Å². The molecular weight excluding hydrogens is 174 g/mol. The molecule has 0 heterocycles. The molecule has 0 unspecified atom stereocenters. The third kappa shape index (κ3) is 6.90. The second kappa shape index (κ2) is 6.27. The monoisotopic (exact) mass is 194 g/mol. The van der Waals surface area contributed by atoms with Gasteiger partial charge in [0.15, 0.2) is 0 Å². The quantitative estimate of drug-likeness (QED) is 0.662. The molecule has 80 valence electrons. The van der Waals surface area contributed by atoms with Crippen LogP contribution in [-0.4, -0.2) is 44.0 Å². The lowest BCUT2D eigenvalue weighted by atomic mass is 10.3. The van der Waals surface area contributed by atoms with E-state index in [1.54, 1.807) is 11.9 Å². The van der Waals surface area contributed by atoms with Gasteiger partial charge in [0.25, 0.3) is 5.92 Å². The fourth-order valence-corrected chi connectivity index (χ4v) is 1.22. The van der Waals surface area contributed by atoms with Crippen molar-refractivity contribution in [3.8, 4) is 0 Å². The summed E-state index contributed by atoms with van der Waals surface area (Å²) in [5.74, 6) is -2.61. The van der Waals surface area contributed by atoms with Crippen LogP contribution >= 0.6 is 0 Å². The lowest BCUT2D eigenvalue weighted by molar-refractivity contribution is -0.0243. The van der Waals surface area contributed by atoms with E-state index in [4.69, 9.17) is 0 Å². The van der Waals surface area contributed by atoms with Crippen LogP contribution < -0.4 is 5.32 Å². The van der Waals surface area contributed by atoms with E-state index in [0.29, 0.717) is 6.54 Å². The first kappa shape index (κ1) is 12.8. The molecule has 0 spiro atoms. The summed E-state index contributed by atoms with van der Waals surface area (Å²) in [6.07, 6.45) is 0.911. The van der Waals surface area contributed by atoms with E-state index in [-0.39, 0.29) is 13.1 Å². The van der Waals surface area contributed by atoms with Crippen LogP contribution in [0.15, 0.2) is 0 Å². The Morgan fingerprint density at radius 1 is 1.31 bits per heavy atom. The minimum Gasteiger partial charge on any atom is -0.311 e. The maximum Gasteiger partial charge on any atom is 0.272 e. The molecule has 0 aromatic heterocycles. The molecule has 13 heavy (non-hydrogen) atoms. The van der Waals surface area contributed by atoms with Gasteiger partial charge in [-0.1, -0.05) is 13.8 Å². The van der Waals surface area contributed by atoms with Gasteiger partial charge in [-0.25, -0.2) is 8.78 Å². The minimum atomic E-state index is -2.61. The van der Waals surface area contributed by atoms with Crippen LogP contribution in [0.4, 0.5) is 8.78 Å². The number of hydrogen-bond donors (Lipinski definition) is 1. The van der Waals surface area contributed by atoms with Crippen molar-refractivity contribution in [1.29, 1.82) is 0 Å². The van der Waals surface area contributed by atoms with Crippen molar-refractivity contribution in [2.75, 3.05) is 33.2 Å². The molecule has 4 heteroatoms. The van der Waals surface area contributed by atoms with E-state index in [1.807, 2.05) is 13.8 Å². The van der Waals surface area contributed by atoms with Gasteiger partial charge in [0.2, 0.25) is 0 Å². The molecule has 1 N–H and O–H groups in total. The molecular formula is C9H20F2N2. The summed E-state index contributed by atoms with van der Waals surface area (Å²) in [4.78, 5) is 1.66. The molecule has 0 atom stereocenters. The van der Waals surface area contributed by atoms with Gasteiger partial charge in [0.05, 0.1) is 13.1 Å². The van der Waals surface area contributed by atoms with Gasteiger partial charge in [0.1, 0.15) is 0 Å². The average molecular weight is 194 g/mol. The Kier molecular flexibility index (Phi) is 6.16. The van der Waals surface area contributed by atoms with Gasteiger partial charge >= 0.3 is 0 Å². The van der Waals surface area contributed by atoms with Crippen LogP contribution in [-0.2, 0) is 0 Å². The Morgan fingerprint density at radius 3 is 2.38 bits per heavy atom. The molecule has 0 aromatic rings. The predicted octanol–water partition coefficient (Wildman–Crippen LogP) is 1.57. The number of halogens is 2. The first-order chi connectivity index (χ1) is 6.02.